The smallest absolute Gasteiger partial charge is 0.254 e. The number of fused-ring (bicyclic) bond motifs is 5. The second-order valence-electron chi connectivity index (χ2n) is 7.66. The van der Waals surface area contributed by atoms with Crippen molar-refractivity contribution in [1.82, 2.24) is 9.55 Å². The van der Waals surface area contributed by atoms with Gasteiger partial charge in [0, 0.05) is 34.6 Å². The molecule has 2 aromatic heterocycles. The number of methoxy groups -OCH3 is 1. The van der Waals surface area contributed by atoms with E-state index in [1.165, 1.54) is 13.2 Å². The molecule has 29 heavy (non-hydrogen) atoms. The molecule has 3 aromatic rings. The zero-order valence-corrected chi connectivity index (χ0v) is 16.2. The number of ketones is 1. The highest BCUT2D eigenvalue weighted by molar-refractivity contribution is 5.91. The van der Waals surface area contributed by atoms with E-state index in [4.69, 9.17) is 4.74 Å². The van der Waals surface area contributed by atoms with Crippen LogP contribution in [0.2, 0.25) is 0 Å². The zero-order chi connectivity index (χ0) is 20.5. The number of hydrogen-bond donors (Lipinski definition) is 2. The number of carbonyl (C=O) groups excluding carboxylic acids is 1. The zero-order valence-electron chi connectivity index (χ0n) is 16.2. The lowest BCUT2D eigenvalue weighted by molar-refractivity contribution is -0.140. The number of carbonyl (C=O) groups is 1. The number of aromatic nitrogens is 2. The second kappa shape index (κ2) is 5.90. The summed E-state index contributed by atoms with van der Waals surface area (Å²) in [5, 5.41) is 21.9. The first-order chi connectivity index (χ1) is 13.9. The van der Waals surface area contributed by atoms with Crippen LogP contribution in [0.3, 0.4) is 0 Å². The second-order valence-corrected chi connectivity index (χ2v) is 7.66. The maximum absolute atomic E-state index is 13.2. The summed E-state index contributed by atoms with van der Waals surface area (Å²) in [7, 11) is 1.48. The van der Waals surface area contributed by atoms with Gasteiger partial charge in [0.25, 0.3) is 5.56 Å². The third-order valence-corrected chi connectivity index (χ3v) is 6.19. The Hall–Kier alpha value is -3.19. The van der Waals surface area contributed by atoms with Gasteiger partial charge in [-0.05, 0) is 31.0 Å². The average molecular weight is 392 g/mol. The highest BCUT2D eigenvalue weighted by Gasteiger charge is 2.43. The molecule has 7 nitrogen and oxygen atoms in total. The SMILES string of the molecule is CC[C@@]1(O)C(=O)CCc2c1cc1n(c2=O)Cc2cc3cc(OC)c(O)cc3nc2-1. The molecule has 5 rings (SSSR count). The first kappa shape index (κ1) is 17.9. The van der Waals surface area contributed by atoms with Crippen molar-refractivity contribution in [2.45, 2.75) is 38.3 Å². The van der Waals surface area contributed by atoms with E-state index in [2.05, 4.69) is 4.98 Å². The minimum Gasteiger partial charge on any atom is -0.504 e. The minimum atomic E-state index is -1.63. The summed E-state index contributed by atoms with van der Waals surface area (Å²) in [6.07, 6.45) is 0.722. The van der Waals surface area contributed by atoms with Crippen LogP contribution < -0.4 is 10.3 Å². The number of phenolic OH excluding ortho intramolecular Hbond substituents is 1. The summed E-state index contributed by atoms with van der Waals surface area (Å²) < 4.78 is 6.82. The van der Waals surface area contributed by atoms with Crippen molar-refractivity contribution in [3.63, 3.8) is 0 Å². The lowest BCUT2D eigenvalue weighted by Gasteiger charge is -2.32. The summed E-state index contributed by atoms with van der Waals surface area (Å²) in [6, 6.07) is 6.91. The Morgan fingerprint density at radius 1 is 1.21 bits per heavy atom. The van der Waals surface area contributed by atoms with E-state index in [1.807, 2.05) is 6.07 Å². The van der Waals surface area contributed by atoms with E-state index >= 15 is 0 Å². The van der Waals surface area contributed by atoms with Gasteiger partial charge in [0.1, 0.15) is 5.60 Å². The number of rotatable bonds is 2. The molecular formula is C22H20N2O5. The van der Waals surface area contributed by atoms with Gasteiger partial charge in [-0.2, -0.15) is 0 Å². The van der Waals surface area contributed by atoms with E-state index in [1.54, 1.807) is 23.6 Å². The Kier molecular flexibility index (Phi) is 3.64. The van der Waals surface area contributed by atoms with Crippen LogP contribution in [0.25, 0.3) is 22.3 Å². The summed E-state index contributed by atoms with van der Waals surface area (Å²) in [5.41, 5.74) is 1.75. The molecular weight excluding hydrogens is 372 g/mol. The Bertz CT molecular complexity index is 1280. The van der Waals surface area contributed by atoms with Gasteiger partial charge in [-0.25, -0.2) is 4.98 Å². The molecule has 0 radical (unpaired) electrons. The van der Waals surface area contributed by atoms with Crippen molar-refractivity contribution in [1.29, 1.82) is 0 Å². The van der Waals surface area contributed by atoms with Crippen LogP contribution in [-0.4, -0.2) is 32.7 Å². The Morgan fingerprint density at radius 3 is 2.72 bits per heavy atom. The third kappa shape index (κ3) is 2.31. The number of benzene rings is 1. The van der Waals surface area contributed by atoms with Crippen molar-refractivity contribution in [3.05, 3.63) is 51.3 Å². The Morgan fingerprint density at radius 2 is 2.00 bits per heavy atom. The number of aliphatic hydroxyl groups is 1. The molecule has 0 amide bonds. The fourth-order valence-electron chi connectivity index (χ4n) is 4.55. The number of pyridine rings is 2. The van der Waals surface area contributed by atoms with Gasteiger partial charge in [-0.15, -0.1) is 0 Å². The maximum Gasteiger partial charge on any atom is 0.254 e. The van der Waals surface area contributed by atoms with Gasteiger partial charge in [0.15, 0.2) is 17.3 Å². The van der Waals surface area contributed by atoms with Crippen LogP contribution in [0, 0.1) is 0 Å². The third-order valence-electron chi connectivity index (χ3n) is 6.19. The van der Waals surface area contributed by atoms with Gasteiger partial charge in [-0.3, -0.25) is 9.59 Å². The Balaban J connectivity index is 1.77. The van der Waals surface area contributed by atoms with Crippen LogP contribution in [0.4, 0.5) is 0 Å². The fourth-order valence-corrected chi connectivity index (χ4v) is 4.55. The van der Waals surface area contributed by atoms with Gasteiger partial charge >= 0.3 is 0 Å². The van der Waals surface area contributed by atoms with Crippen molar-refractivity contribution in [2.24, 2.45) is 0 Å². The lowest BCUT2D eigenvalue weighted by atomic mass is 9.77. The van der Waals surface area contributed by atoms with Crippen LogP contribution in [-0.2, 0) is 23.4 Å². The number of nitrogens with zero attached hydrogens (tertiary/aromatic N) is 2. The van der Waals surface area contributed by atoms with Crippen molar-refractivity contribution in [2.75, 3.05) is 7.11 Å². The van der Waals surface area contributed by atoms with E-state index in [0.29, 0.717) is 46.7 Å². The number of aromatic hydroxyl groups is 1. The molecule has 0 spiro atoms. The van der Waals surface area contributed by atoms with E-state index in [-0.39, 0.29) is 29.9 Å². The number of ether oxygens (including phenoxy) is 1. The lowest BCUT2D eigenvalue weighted by Crippen LogP contribution is -2.43. The molecule has 7 heteroatoms. The first-order valence-electron chi connectivity index (χ1n) is 9.61. The Labute approximate surface area is 166 Å². The fraction of sp³-hybridized carbons (Fsp3) is 0.318. The molecule has 0 saturated carbocycles. The van der Waals surface area contributed by atoms with Crippen molar-refractivity contribution in [3.8, 4) is 22.9 Å². The van der Waals surface area contributed by atoms with Crippen molar-refractivity contribution < 1.29 is 19.7 Å². The van der Waals surface area contributed by atoms with Crippen LogP contribution >= 0.6 is 0 Å². The van der Waals surface area contributed by atoms with Crippen LogP contribution in [0.15, 0.2) is 29.1 Å². The maximum atomic E-state index is 13.2. The summed E-state index contributed by atoms with van der Waals surface area (Å²) in [6.45, 7) is 2.12. The van der Waals surface area contributed by atoms with E-state index in [0.717, 1.165) is 10.9 Å². The standard InChI is InChI=1S/C22H20N2O5/c1-3-22(28)14-8-16-20-12(10-24(16)21(27)13(14)4-5-19(22)26)6-11-7-18(29-2)17(25)9-15(11)23-20/h6-9,25,28H,3-5,10H2,1-2H3/t22-/m0/s1. The molecule has 0 unspecified atom stereocenters. The molecule has 0 bridgehead atoms. The first-order valence-corrected chi connectivity index (χ1v) is 9.61. The average Bonchev–Trinajstić information content (AvgIpc) is 3.07. The predicted octanol–water partition coefficient (Wildman–Crippen LogP) is 2.25. The number of Topliss-reactive ketones (excluding diaryl/α,β-unsaturated/α-hetero) is 1. The van der Waals surface area contributed by atoms with E-state index in [9.17, 15) is 19.8 Å². The molecule has 1 aliphatic carbocycles. The molecule has 148 valence electrons. The number of phenols is 1. The molecule has 0 saturated heterocycles. The molecule has 1 aromatic carbocycles. The van der Waals surface area contributed by atoms with Crippen LogP contribution in [0.1, 0.15) is 36.5 Å². The number of hydrogen-bond acceptors (Lipinski definition) is 6. The topological polar surface area (TPSA) is 102 Å². The van der Waals surface area contributed by atoms with Gasteiger partial charge < -0.3 is 19.5 Å². The predicted molar refractivity (Wildman–Crippen MR) is 106 cm³/mol. The summed E-state index contributed by atoms with van der Waals surface area (Å²) >= 11 is 0. The highest BCUT2D eigenvalue weighted by Crippen LogP contribution is 2.40. The van der Waals surface area contributed by atoms with Gasteiger partial charge in [0.05, 0.1) is 30.6 Å². The quantitative estimate of drug-likeness (QED) is 0.543. The molecule has 3 heterocycles. The van der Waals surface area contributed by atoms with E-state index < -0.39 is 5.60 Å². The van der Waals surface area contributed by atoms with Crippen molar-refractivity contribution >= 4 is 16.7 Å². The van der Waals surface area contributed by atoms with Gasteiger partial charge in [-0.1, -0.05) is 6.92 Å². The molecule has 1 aliphatic heterocycles. The van der Waals surface area contributed by atoms with Crippen LogP contribution in [0.5, 0.6) is 11.5 Å². The molecule has 1 atom stereocenters. The molecule has 0 fully saturated rings. The summed E-state index contributed by atoms with van der Waals surface area (Å²) in [4.78, 5) is 30.3. The largest absolute Gasteiger partial charge is 0.504 e. The highest BCUT2D eigenvalue weighted by atomic mass is 16.5. The monoisotopic (exact) mass is 392 g/mol. The van der Waals surface area contributed by atoms with Gasteiger partial charge in [0.2, 0.25) is 0 Å². The normalized spacial score (nSPS) is 19.8. The molecule has 2 aliphatic rings. The molecule has 2 N–H and O–H groups in total. The minimum absolute atomic E-state index is 0.0146. The summed E-state index contributed by atoms with van der Waals surface area (Å²) in [5.74, 6) is 0.0895.